The first-order valence-electron chi connectivity index (χ1n) is 5.80. The molecule has 7 nitrogen and oxygen atoms in total. The van der Waals surface area contributed by atoms with Crippen LogP contribution in [0.25, 0.3) is 0 Å². The van der Waals surface area contributed by atoms with Gasteiger partial charge in [0.1, 0.15) is 5.75 Å². The van der Waals surface area contributed by atoms with Gasteiger partial charge in [0.15, 0.2) is 0 Å². The minimum Gasteiger partial charge on any atom is -0.497 e. The Kier molecular flexibility index (Phi) is 4.97. The second-order valence-electron chi connectivity index (χ2n) is 3.73. The van der Waals surface area contributed by atoms with Gasteiger partial charge in [0.05, 0.1) is 19.4 Å². The molecule has 0 radical (unpaired) electrons. The Morgan fingerprint density at radius 3 is 2.75 bits per heavy atom. The summed E-state index contributed by atoms with van der Waals surface area (Å²) in [6, 6.07) is 7.07. The average Bonchev–Trinajstić information content (AvgIpc) is 2.94. The van der Waals surface area contributed by atoms with E-state index in [1.807, 2.05) is 0 Å². The third kappa shape index (κ3) is 3.97. The van der Waals surface area contributed by atoms with Gasteiger partial charge in [-0.15, -0.1) is 10.2 Å². The number of nitrogens with one attached hydrogen (secondary N) is 1. The molecule has 0 atom stereocenters. The van der Waals surface area contributed by atoms with Crippen molar-refractivity contribution in [1.29, 1.82) is 0 Å². The number of carbonyl (C=O) groups is 1. The Bertz CT molecular complexity index is 570. The van der Waals surface area contributed by atoms with Crippen LogP contribution in [0.4, 0.5) is 5.69 Å². The molecule has 2 aromatic rings. The van der Waals surface area contributed by atoms with E-state index in [-0.39, 0.29) is 18.2 Å². The summed E-state index contributed by atoms with van der Waals surface area (Å²) in [5, 5.41) is 10.5. The highest BCUT2D eigenvalue weighted by Gasteiger charge is 2.09. The molecular weight excluding hydrogens is 280 g/mol. The molecule has 106 valence electrons. The van der Waals surface area contributed by atoms with E-state index in [2.05, 4.69) is 15.5 Å². The molecule has 8 heteroatoms. The summed E-state index contributed by atoms with van der Waals surface area (Å²) in [6.45, 7) is 0.186. The van der Waals surface area contributed by atoms with Crippen molar-refractivity contribution in [3.05, 3.63) is 30.2 Å². The first-order chi connectivity index (χ1) is 9.71. The van der Waals surface area contributed by atoms with E-state index in [1.54, 1.807) is 31.4 Å². The number of thioether (sulfide) groups is 1. The van der Waals surface area contributed by atoms with Gasteiger partial charge in [0, 0.05) is 5.69 Å². The van der Waals surface area contributed by atoms with Crippen molar-refractivity contribution >= 4 is 23.4 Å². The predicted octanol–water partition coefficient (Wildman–Crippen LogP) is 1.27. The predicted molar refractivity (Wildman–Crippen MR) is 74.5 cm³/mol. The molecule has 0 spiro atoms. The van der Waals surface area contributed by atoms with Gasteiger partial charge in [0.25, 0.3) is 5.22 Å². The van der Waals surface area contributed by atoms with Gasteiger partial charge in [0.2, 0.25) is 11.8 Å². The van der Waals surface area contributed by atoms with Crippen molar-refractivity contribution < 1.29 is 13.9 Å². The Labute approximate surface area is 119 Å². The molecule has 20 heavy (non-hydrogen) atoms. The first kappa shape index (κ1) is 14.4. The van der Waals surface area contributed by atoms with Crippen molar-refractivity contribution in [2.75, 3.05) is 18.2 Å². The molecule has 1 amide bonds. The quantitative estimate of drug-likeness (QED) is 0.773. The summed E-state index contributed by atoms with van der Waals surface area (Å²) < 4.78 is 10.2. The molecule has 1 aromatic heterocycles. The smallest absolute Gasteiger partial charge is 0.277 e. The highest BCUT2D eigenvalue weighted by molar-refractivity contribution is 7.99. The van der Waals surface area contributed by atoms with Crippen molar-refractivity contribution in [3.8, 4) is 5.75 Å². The highest BCUT2D eigenvalue weighted by Crippen LogP contribution is 2.18. The Hall–Kier alpha value is -2.06. The van der Waals surface area contributed by atoms with Crippen LogP contribution in [-0.4, -0.2) is 29.0 Å². The molecule has 2 rings (SSSR count). The van der Waals surface area contributed by atoms with E-state index in [0.29, 0.717) is 16.8 Å². The van der Waals surface area contributed by atoms with Crippen molar-refractivity contribution in [1.82, 2.24) is 10.2 Å². The summed E-state index contributed by atoms with van der Waals surface area (Å²) in [6.07, 6.45) is 0. The van der Waals surface area contributed by atoms with Crippen LogP contribution in [0.5, 0.6) is 5.75 Å². The van der Waals surface area contributed by atoms with Crippen molar-refractivity contribution in [3.63, 3.8) is 0 Å². The molecule has 0 aliphatic rings. The number of benzene rings is 1. The number of ether oxygens (including phenoxy) is 1. The minimum absolute atomic E-state index is 0.160. The zero-order valence-corrected chi connectivity index (χ0v) is 11.6. The Morgan fingerprint density at radius 1 is 1.40 bits per heavy atom. The van der Waals surface area contributed by atoms with Crippen LogP contribution in [0.3, 0.4) is 0 Å². The summed E-state index contributed by atoms with van der Waals surface area (Å²) in [5.41, 5.74) is 6.05. The monoisotopic (exact) mass is 294 g/mol. The van der Waals surface area contributed by atoms with E-state index in [1.165, 1.54) is 0 Å². The number of rotatable bonds is 6. The number of hydrogen-bond donors (Lipinski definition) is 2. The van der Waals surface area contributed by atoms with Gasteiger partial charge < -0.3 is 20.2 Å². The number of anilines is 1. The molecule has 1 aromatic carbocycles. The summed E-state index contributed by atoms with van der Waals surface area (Å²) >= 11 is 1.16. The maximum Gasteiger partial charge on any atom is 0.277 e. The molecule has 0 saturated carbocycles. The first-order valence-corrected chi connectivity index (χ1v) is 6.79. The van der Waals surface area contributed by atoms with E-state index in [4.69, 9.17) is 14.9 Å². The molecule has 3 N–H and O–H groups in total. The maximum absolute atomic E-state index is 11.7. The Morgan fingerprint density at radius 2 is 2.15 bits per heavy atom. The molecule has 0 aliphatic carbocycles. The van der Waals surface area contributed by atoms with Gasteiger partial charge in [-0.1, -0.05) is 11.8 Å². The molecule has 1 heterocycles. The van der Waals surface area contributed by atoms with Crippen LogP contribution >= 0.6 is 11.8 Å². The van der Waals surface area contributed by atoms with Crippen molar-refractivity contribution in [2.24, 2.45) is 5.73 Å². The second-order valence-corrected chi connectivity index (χ2v) is 4.66. The zero-order chi connectivity index (χ0) is 14.4. The van der Waals surface area contributed by atoms with Crippen LogP contribution in [0.2, 0.25) is 0 Å². The fraction of sp³-hybridized carbons (Fsp3) is 0.250. The van der Waals surface area contributed by atoms with Crippen LogP contribution < -0.4 is 15.8 Å². The largest absolute Gasteiger partial charge is 0.497 e. The number of methoxy groups -OCH3 is 1. The molecule has 0 bridgehead atoms. The molecule has 0 saturated heterocycles. The summed E-state index contributed by atoms with van der Waals surface area (Å²) in [5.74, 6) is 1.10. The highest BCUT2D eigenvalue weighted by atomic mass is 32.2. The lowest BCUT2D eigenvalue weighted by molar-refractivity contribution is -0.113. The van der Waals surface area contributed by atoms with Crippen LogP contribution in [0.15, 0.2) is 33.9 Å². The lowest BCUT2D eigenvalue weighted by atomic mass is 10.3. The lowest BCUT2D eigenvalue weighted by Gasteiger charge is -2.05. The van der Waals surface area contributed by atoms with E-state index in [0.717, 1.165) is 17.5 Å². The number of amides is 1. The number of aromatic nitrogens is 2. The minimum atomic E-state index is -0.160. The Balaban J connectivity index is 1.82. The standard InChI is InChI=1S/C12H14N4O3S/c1-18-9-4-2-8(3-5-9)14-10(17)7-20-12-16-15-11(6-13)19-12/h2-5H,6-7,13H2,1H3,(H,14,17). The number of nitrogens with two attached hydrogens (primary N) is 1. The maximum atomic E-state index is 11.7. The van der Waals surface area contributed by atoms with E-state index >= 15 is 0 Å². The summed E-state index contributed by atoms with van der Waals surface area (Å²) in [4.78, 5) is 11.7. The molecule has 0 fully saturated rings. The van der Waals surface area contributed by atoms with Gasteiger partial charge >= 0.3 is 0 Å². The fourth-order valence-electron chi connectivity index (χ4n) is 1.38. The van der Waals surface area contributed by atoms with E-state index in [9.17, 15) is 4.79 Å². The SMILES string of the molecule is COc1ccc(NC(=O)CSc2nnc(CN)o2)cc1. The van der Waals surface area contributed by atoms with Crippen molar-refractivity contribution in [2.45, 2.75) is 11.8 Å². The van der Waals surface area contributed by atoms with Crippen LogP contribution in [-0.2, 0) is 11.3 Å². The summed E-state index contributed by atoms with van der Waals surface area (Å²) in [7, 11) is 1.59. The average molecular weight is 294 g/mol. The van der Waals surface area contributed by atoms with Gasteiger partial charge in [-0.05, 0) is 24.3 Å². The van der Waals surface area contributed by atoms with E-state index < -0.39 is 0 Å². The normalized spacial score (nSPS) is 10.3. The zero-order valence-electron chi connectivity index (χ0n) is 10.8. The molecular formula is C12H14N4O3S. The lowest BCUT2D eigenvalue weighted by Crippen LogP contribution is -2.13. The van der Waals surface area contributed by atoms with Gasteiger partial charge in [-0.2, -0.15) is 0 Å². The second kappa shape index (κ2) is 6.92. The van der Waals surface area contributed by atoms with Gasteiger partial charge in [-0.25, -0.2) is 0 Å². The third-order valence-corrected chi connectivity index (χ3v) is 3.14. The number of nitrogens with zero attached hydrogens (tertiary/aromatic N) is 2. The number of carbonyl (C=O) groups excluding carboxylic acids is 1. The topological polar surface area (TPSA) is 103 Å². The molecule has 0 aliphatic heterocycles. The fourth-order valence-corrected chi connectivity index (χ4v) is 1.96. The number of hydrogen-bond acceptors (Lipinski definition) is 7. The van der Waals surface area contributed by atoms with Gasteiger partial charge in [-0.3, -0.25) is 4.79 Å². The molecule has 0 unspecified atom stereocenters. The third-order valence-electron chi connectivity index (χ3n) is 2.32. The van der Waals surface area contributed by atoms with Crippen LogP contribution in [0.1, 0.15) is 5.89 Å². The van der Waals surface area contributed by atoms with Crippen LogP contribution in [0, 0.1) is 0 Å².